The van der Waals surface area contributed by atoms with Crippen molar-refractivity contribution in [3.8, 4) is 0 Å². The first-order valence-electron chi connectivity index (χ1n) is 3.14. The van der Waals surface area contributed by atoms with Crippen LogP contribution in [0.15, 0.2) is 23.8 Å². The van der Waals surface area contributed by atoms with Gasteiger partial charge in [-0.3, -0.25) is 0 Å². The number of rotatable bonds is 0. The second-order valence-electron chi connectivity index (χ2n) is 2.48. The van der Waals surface area contributed by atoms with E-state index in [0.717, 1.165) is 5.92 Å². The van der Waals surface area contributed by atoms with E-state index >= 15 is 0 Å². The van der Waals surface area contributed by atoms with Crippen LogP contribution < -0.4 is 0 Å². The van der Waals surface area contributed by atoms with Gasteiger partial charge in [-0.05, 0) is 19.3 Å². The molecule has 0 saturated heterocycles. The second kappa shape index (κ2) is 2.17. The molecule has 0 saturated carbocycles. The summed E-state index contributed by atoms with van der Waals surface area (Å²) >= 11 is 0. The van der Waals surface area contributed by atoms with Crippen LogP contribution in [0, 0.1) is 5.92 Å². The van der Waals surface area contributed by atoms with E-state index < -0.39 is 0 Å². The summed E-state index contributed by atoms with van der Waals surface area (Å²) in [4.78, 5) is 0. The van der Waals surface area contributed by atoms with E-state index in [-0.39, 0.29) is 0 Å². The van der Waals surface area contributed by atoms with Gasteiger partial charge in [-0.1, -0.05) is 30.7 Å². The van der Waals surface area contributed by atoms with Gasteiger partial charge in [-0.2, -0.15) is 0 Å². The van der Waals surface area contributed by atoms with Crippen molar-refractivity contribution in [1.29, 1.82) is 0 Å². The SMILES string of the molecule is CC1=CC=CCC1C. The van der Waals surface area contributed by atoms with Gasteiger partial charge in [0.2, 0.25) is 0 Å². The Hall–Kier alpha value is -0.520. The highest BCUT2D eigenvalue weighted by Gasteiger charge is 2.02. The van der Waals surface area contributed by atoms with Crippen molar-refractivity contribution in [2.45, 2.75) is 20.3 Å². The molecule has 0 bridgehead atoms. The molecule has 1 rings (SSSR count). The average molecular weight is 108 g/mol. The highest BCUT2D eigenvalue weighted by Crippen LogP contribution is 2.17. The lowest BCUT2D eigenvalue weighted by molar-refractivity contribution is 0.687. The standard InChI is InChI=1S/C8H12/c1-7-5-3-4-6-8(7)2/h3-5,8H,6H2,1-2H3. The van der Waals surface area contributed by atoms with Gasteiger partial charge in [-0.15, -0.1) is 0 Å². The van der Waals surface area contributed by atoms with Gasteiger partial charge in [0.05, 0.1) is 0 Å². The predicted octanol–water partition coefficient (Wildman–Crippen LogP) is 2.53. The Morgan fingerprint density at radius 2 is 2.38 bits per heavy atom. The Morgan fingerprint density at radius 3 is 2.75 bits per heavy atom. The Labute approximate surface area is 50.9 Å². The Kier molecular flexibility index (Phi) is 1.52. The molecule has 8 heavy (non-hydrogen) atoms. The van der Waals surface area contributed by atoms with Gasteiger partial charge < -0.3 is 0 Å². The van der Waals surface area contributed by atoms with E-state index in [0.29, 0.717) is 0 Å². The van der Waals surface area contributed by atoms with Gasteiger partial charge in [0.25, 0.3) is 0 Å². The van der Waals surface area contributed by atoms with E-state index in [9.17, 15) is 0 Å². The second-order valence-corrected chi connectivity index (χ2v) is 2.48. The van der Waals surface area contributed by atoms with E-state index in [2.05, 4.69) is 32.1 Å². The molecule has 0 aromatic rings. The van der Waals surface area contributed by atoms with Crippen LogP contribution in [-0.2, 0) is 0 Å². The molecule has 0 aromatic heterocycles. The van der Waals surface area contributed by atoms with E-state index in [1.165, 1.54) is 12.0 Å². The van der Waals surface area contributed by atoms with Crippen LogP contribution in [0.2, 0.25) is 0 Å². The molecule has 0 heteroatoms. The lowest BCUT2D eigenvalue weighted by atomic mass is 9.95. The Morgan fingerprint density at radius 1 is 1.62 bits per heavy atom. The summed E-state index contributed by atoms with van der Waals surface area (Å²) in [5, 5.41) is 0. The molecule has 0 nitrogen and oxygen atoms in total. The molecule has 0 spiro atoms. The maximum atomic E-state index is 2.26. The highest BCUT2D eigenvalue weighted by molar-refractivity contribution is 5.17. The molecule has 0 radical (unpaired) electrons. The zero-order valence-electron chi connectivity index (χ0n) is 5.52. The van der Waals surface area contributed by atoms with E-state index in [1.807, 2.05) is 0 Å². The lowest BCUT2D eigenvalue weighted by Gasteiger charge is -2.11. The number of hydrogen-bond acceptors (Lipinski definition) is 0. The summed E-state index contributed by atoms with van der Waals surface area (Å²) in [7, 11) is 0. The van der Waals surface area contributed by atoms with E-state index in [4.69, 9.17) is 0 Å². The largest absolute Gasteiger partial charge is 0.0840 e. The first-order chi connectivity index (χ1) is 3.80. The molecule has 1 aliphatic rings. The fourth-order valence-corrected chi connectivity index (χ4v) is 0.853. The van der Waals surface area contributed by atoms with Gasteiger partial charge >= 0.3 is 0 Å². The monoisotopic (exact) mass is 108 g/mol. The van der Waals surface area contributed by atoms with Crippen molar-refractivity contribution >= 4 is 0 Å². The third-order valence-corrected chi connectivity index (χ3v) is 1.76. The summed E-state index contributed by atoms with van der Waals surface area (Å²) < 4.78 is 0. The van der Waals surface area contributed by atoms with Gasteiger partial charge in [-0.25, -0.2) is 0 Å². The maximum Gasteiger partial charge on any atom is -0.0197 e. The average Bonchev–Trinajstić information content (AvgIpc) is 1.77. The van der Waals surface area contributed by atoms with Crippen LogP contribution >= 0.6 is 0 Å². The van der Waals surface area contributed by atoms with Crippen molar-refractivity contribution in [3.63, 3.8) is 0 Å². The van der Waals surface area contributed by atoms with Gasteiger partial charge in [0.15, 0.2) is 0 Å². The van der Waals surface area contributed by atoms with Crippen molar-refractivity contribution in [3.05, 3.63) is 23.8 Å². The van der Waals surface area contributed by atoms with Crippen LogP contribution in [0.1, 0.15) is 20.3 Å². The molecule has 0 fully saturated rings. The minimum absolute atomic E-state index is 0.778. The molecular formula is C8H12. The molecule has 0 N–H and O–H groups in total. The molecule has 1 unspecified atom stereocenters. The topological polar surface area (TPSA) is 0 Å². The fourth-order valence-electron chi connectivity index (χ4n) is 0.853. The number of allylic oxidation sites excluding steroid dienone is 4. The smallest absolute Gasteiger partial charge is 0.0197 e. The molecule has 0 aliphatic heterocycles. The summed E-state index contributed by atoms with van der Waals surface area (Å²) in [5.74, 6) is 0.778. The minimum Gasteiger partial charge on any atom is -0.0840 e. The molecule has 1 aliphatic carbocycles. The zero-order chi connectivity index (χ0) is 5.98. The fraction of sp³-hybridized carbons (Fsp3) is 0.500. The summed E-state index contributed by atoms with van der Waals surface area (Å²) in [6.45, 7) is 4.45. The zero-order valence-corrected chi connectivity index (χ0v) is 5.52. The first-order valence-corrected chi connectivity index (χ1v) is 3.14. The third kappa shape index (κ3) is 1.00. The van der Waals surface area contributed by atoms with Crippen LogP contribution in [0.25, 0.3) is 0 Å². The van der Waals surface area contributed by atoms with Crippen molar-refractivity contribution in [2.24, 2.45) is 5.92 Å². The summed E-state index contributed by atoms with van der Waals surface area (Å²) in [6, 6.07) is 0. The Balaban J connectivity index is 2.66. The normalized spacial score (nSPS) is 27.8. The quantitative estimate of drug-likeness (QED) is 0.447. The molecule has 0 amide bonds. The maximum absolute atomic E-state index is 2.26. The summed E-state index contributed by atoms with van der Waals surface area (Å²) in [5.41, 5.74) is 1.51. The predicted molar refractivity (Wildman–Crippen MR) is 36.7 cm³/mol. The molecule has 44 valence electrons. The van der Waals surface area contributed by atoms with E-state index in [1.54, 1.807) is 0 Å². The van der Waals surface area contributed by atoms with Crippen LogP contribution in [0.5, 0.6) is 0 Å². The molecular weight excluding hydrogens is 96.1 g/mol. The highest BCUT2D eigenvalue weighted by atomic mass is 14.1. The third-order valence-electron chi connectivity index (χ3n) is 1.76. The molecule has 1 atom stereocenters. The molecule has 0 aromatic carbocycles. The van der Waals surface area contributed by atoms with Crippen molar-refractivity contribution in [1.82, 2.24) is 0 Å². The van der Waals surface area contributed by atoms with Gasteiger partial charge in [0.1, 0.15) is 0 Å². The van der Waals surface area contributed by atoms with Gasteiger partial charge in [0, 0.05) is 0 Å². The first kappa shape index (κ1) is 5.61. The van der Waals surface area contributed by atoms with Crippen LogP contribution in [0.3, 0.4) is 0 Å². The molecule has 0 heterocycles. The lowest BCUT2D eigenvalue weighted by Crippen LogP contribution is -1.96. The van der Waals surface area contributed by atoms with Crippen LogP contribution in [-0.4, -0.2) is 0 Å². The minimum atomic E-state index is 0.778. The Bertz CT molecular complexity index is 129. The van der Waals surface area contributed by atoms with Crippen molar-refractivity contribution < 1.29 is 0 Å². The van der Waals surface area contributed by atoms with Crippen molar-refractivity contribution in [2.75, 3.05) is 0 Å². The van der Waals surface area contributed by atoms with Crippen LogP contribution in [0.4, 0.5) is 0 Å². The number of hydrogen-bond donors (Lipinski definition) is 0. The summed E-state index contributed by atoms with van der Waals surface area (Å²) in [6.07, 6.45) is 7.77.